The van der Waals surface area contributed by atoms with Crippen molar-refractivity contribution in [3.8, 4) is 0 Å². The summed E-state index contributed by atoms with van der Waals surface area (Å²) in [5.74, 6) is 0. The van der Waals surface area contributed by atoms with Gasteiger partial charge >= 0.3 is 62.1 Å². The number of rotatable bonds is 5. The topological polar surface area (TPSA) is 3.01 Å². The summed E-state index contributed by atoms with van der Waals surface area (Å²) in [7, 11) is 24.2. The summed E-state index contributed by atoms with van der Waals surface area (Å²) in [5, 5.41) is 0. The number of unbranched alkanes of at least 4 members (excludes halogenated alkanes) is 1. The summed E-state index contributed by atoms with van der Waals surface area (Å²) in [6.07, 6.45) is 7.93. The van der Waals surface area contributed by atoms with Gasteiger partial charge in [0.05, 0.1) is 0 Å². The average Bonchev–Trinajstić information content (AvgIpc) is 2.57. The van der Waals surface area contributed by atoms with Gasteiger partial charge in [0.15, 0.2) is 0 Å². The fourth-order valence-corrected chi connectivity index (χ4v) is 3.14. The predicted octanol–water partition coefficient (Wildman–Crippen LogP) is 6.74. The van der Waals surface area contributed by atoms with Gasteiger partial charge in [0.25, 0.3) is 0 Å². The molecule has 1 aliphatic rings. The normalized spacial score (nSPS) is 19.6. The van der Waals surface area contributed by atoms with E-state index in [1.165, 1.54) is 44.8 Å². The van der Waals surface area contributed by atoms with Gasteiger partial charge in [0, 0.05) is 27.3 Å². The Balaban J connectivity index is 0.000000441. The summed E-state index contributed by atoms with van der Waals surface area (Å²) in [5.41, 5.74) is 0. The van der Waals surface area contributed by atoms with E-state index < -0.39 is 17.2 Å². The van der Waals surface area contributed by atoms with Crippen molar-refractivity contribution in [2.75, 3.05) is 13.1 Å². The first-order valence-corrected chi connectivity index (χ1v) is 29.8. The third-order valence-electron chi connectivity index (χ3n) is 2.66. The Labute approximate surface area is 144 Å². The van der Waals surface area contributed by atoms with Crippen molar-refractivity contribution in [2.45, 2.75) is 51.4 Å². The Morgan fingerprint density at radius 3 is 1.85 bits per heavy atom. The monoisotopic (exact) mass is 529 g/mol. The molecule has 1 nitrogen and oxygen atoms in total. The van der Waals surface area contributed by atoms with E-state index in [4.69, 9.17) is 53.0 Å². The Hall–Kier alpha value is 2.45. The SMILES string of the molecule is C[Si](C)(C)CCCC[N+]1=CCCC1.[Cl][Sb-]([Cl])([Cl])([Cl])([Cl])[Cl]. The van der Waals surface area contributed by atoms with E-state index in [1.54, 1.807) is 0 Å². The fourth-order valence-electron chi connectivity index (χ4n) is 1.83. The molecule has 1 rings (SSSR count). The van der Waals surface area contributed by atoms with E-state index in [-0.39, 0.29) is 0 Å². The van der Waals surface area contributed by atoms with Crippen LogP contribution in [0.4, 0.5) is 0 Å². The molecule has 9 heteroatoms. The molecule has 0 bridgehead atoms. The molecule has 124 valence electrons. The second-order valence-corrected chi connectivity index (χ2v) is 68.9. The molecular weight excluding hydrogens is 509 g/mol. The Morgan fingerprint density at radius 1 is 1.00 bits per heavy atom. The van der Waals surface area contributed by atoms with Crippen molar-refractivity contribution in [3.63, 3.8) is 0 Å². The van der Waals surface area contributed by atoms with Crippen LogP contribution >= 0.6 is 53.0 Å². The molecule has 0 N–H and O–H groups in total. The predicted molar refractivity (Wildman–Crippen MR) is 104 cm³/mol. The van der Waals surface area contributed by atoms with Gasteiger partial charge in [-0.2, -0.15) is 0 Å². The van der Waals surface area contributed by atoms with Gasteiger partial charge in [-0.3, -0.25) is 0 Å². The van der Waals surface area contributed by atoms with Crippen LogP contribution in [0.1, 0.15) is 25.7 Å². The molecule has 0 saturated heterocycles. The molecule has 0 aliphatic carbocycles. The van der Waals surface area contributed by atoms with Gasteiger partial charge in [-0.05, 0) is 6.42 Å². The molecule has 0 aromatic heterocycles. The molecule has 0 spiro atoms. The standard InChI is InChI=1S/C11H24NSi.6ClH.Sb/c1-13(2,3)11-7-6-10-12-8-4-5-9-12;;;;;;;/h8H,4-7,9-11H2,1-3H3;6*1H;/q+1;;;;;;;+5/p-6. The molecule has 0 aromatic rings. The molecular formula is C11H24Cl6NSbSi. The quantitative estimate of drug-likeness (QED) is 0.210. The van der Waals surface area contributed by atoms with Gasteiger partial charge in [0.1, 0.15) is 19.3 Å². The van der Waals surface area contributed by atoms with Crippen LogP contribution in [-0.2, 0) is 0 Å². The second-order valence-electron chi connectivity index (χ2n) is 6.34. The molecule has 1 heterocycles. The first-order valence-electron chi connectivity index (χ1n) is 6.67. The zero-order chi connectivity index (χ0) is 16.1. The summed E-state index contributed by atoms with van der Waals surface area (Å²) in [6, 6.07) is 1.50. The van der Waals surface area contributed by atoms with E-state index in [1.807, 2.05) is 0 Å². The molecule has 20 heavy (non-hydrogen) atoms. The van der Waals surface area contributed by atoms with Crippen LogP contribution in [0, 0.1) is 0 Å². The Bertz CT molecular complexity index is 331. The van der Waals surface area contributed by atoms with Gasteiger partial charge < -0.3 is 0 Å². The zero-order valence-electron chi connectivity index (χ0n) is 12.2. The number of hydrogen-bond acceptors (Lipinski definition) is 0. The first kappa shape index (κ1) is 22.4. The Kier molecular flexibility index (Phi) is 8.48. The van der Waals surface area contributed by atoms with E-state index in [2.05, 4.69) is 30.4 Å². The minimum atomic E-state index is -5.42. The number of hydrogen-bond donors (Lipinski definition) is 0. The van der Waals surface area contributed by atoms with Crippen molar-refractivity contribution in [3.05, 3.63) is 0 Å². The number of nitrogens with zero attached hydrogens (tertiary/aromatic N) is 1. The fraction of sp³-hybridized carbons (Fsp3) is 0.909. The summed E-state index contributed by atoms with van der Waals surface area (Å²) >= 11 is 0. The van der Waals surface area contributed by atoms with Crippen LogP contribution in [0.5, 0.6) is 0 Å². The Morgan fingerprint density at radius 2 is 1.50 bits per heavy atom. The zero-order valence-corrected chi connectivity index (χ0v) is 20.3. The van der Waals surface area contributed by atoms with Crippen molar-refractivity contribution >= 4 is 76.4 Å². The molecule has 0 saturated carbocycles. The van der Waals surface area contributed by atoms with Gasteiger partial charge in [-0.15, -0.1) is 0 Å². The molecule has 0 aromatic carbocycles. The van der Waals surface area contributed by atoms with Crippen LogP contribution in [-0.4, -0.2) is 41.1 Å². The molecule has 0 unspecified atom stereocenters. The van der Waals surface area contributed by atoms with Crippen molar-refractivity contribution in [1.29, 1.82) is 0 Å². The van der Waals surface area contributed by atoms with Gasteiger partial charge in [-0.1, -0.05) is 25.7 Å². The maximum atomic E-state index is 5.06. The van der Waals surface area contributed by atoms with E-state index in [9.17, 15) is 0 Å². The maximum absolute atomic E-state index is 5.42. The molecule has 0 atom stereocenters. The number of halogens is 6. The van der Waals surface area contributed by atoms with E-state index in [0.717, 1.165) is 0 Å². The average molecular weight is 533 g/mol. The van der Waals surface area contributed by atoms with Crippen LogP contribution in [0.2, 0.25) is 25.7 Å². The van der Waals surface area contributed by atoms with Crippen LogP contribution < -0.4 is 0 Å². The molecule has 1 aliphatic heterocycles. The third-order valence-corrected chi connectivity index (χ3v) is 4.51. The summed E-state index contributed by atoms with van der Waals surface area (Å²) in [6.45, 7) is 10.0. The van der Waals surface area contributed by atoms with E-state index >= 15 is 0 Å². The van der Waals surface area contributed by atoms with E-state index in [0.29, 0.717) is 0 Å². The van der Waals surface area contributed by atoms with Crippen LogP contribution in [0.25, 0.3) is 0 Å². The second kappa shape index (κ2) is 7.56. The van der Waals surface area contributed by atoms with Crippen molar-refractivity contribution in [1.82, 2.24) is 0 Å². The third kappa shape index (κ3) is 25.4. The molecule has 0 fully saturated rings. The molecule has 0 amide bonds. The minimum absolute atomic E-state index is 0.763. The molecule has 0 radical (unpaired) electrons. The van der Waals surface area contributed by atoms with Gasteiger partial charge in [0.2, 0.25) is 0 Å². The van der Waals surface area contributed by atoms with Gasteiger partial charge in [-0.25, -0.2) is 4.58 Å². The summed E-state index contributed by atoms with van der Waals surface area (Å²) < 4.78 is 2.50. The van der Waals surface area contributed by atoms with Crippen molar-refractivity contribution in [2.24, 2.45) is 0 Å². The van der Waals surface area contributed by atoms with Crippen molar-refractivity contribution < 1.29 is 4.58 Å². The first-order chi connectivity index (χ1) is 8.53. The van der Waals surface area contributed by atoms with Crippen LogP contribution in [0.3, 0.4) is 0 Å². The van der Waals surface area contributed by atoms with Crippen LogP contribution in [0.15, 0.2) is 0 Å². The summed E-state index contributed by atoms with van der Waals surface area (Å²) in [4.78, 5) is 0.